The molecule has 1 aliphatic rings. The van der Waals surface area contributed by atoms with E-state index in [0.717, 1.165) is 0 Å². The molecule has 23 heavy (non-hydrogen) atoms. The van der Waals surface area contributed by atoms with Gasteiger partial charge in [-0.15, -0.1) is 12.4 Å². The van der Waals surface area contributed by atoms with Crippen LogP contribution in [0.25, 0.3) is 0 Å². The highest BCUT2D eigenvalue weighted by Crippen LogP contribution is 2.37. The molecule has 3 nitrogen and oxygen atoms in total. The number of piperazine rings is 1. The Hall–Kier alpha value is -1.05. The van der Waals surface area contributed by atoms with E-state index in [0.29, 0.717) is 31.7 Å². The van der Waals surface area contributed by atoms with Gasteiger partial charge in [0.15, 0.2) is 11.6 Å². The summed E-state index contributed by atoms with van der Waals surface area (Å²) < 4.78 is 56.8. The maximum absolute atomic E-state index is 13.9. The maximum Gasteiger partial charge on any atom is 0.389 e. The fraction of sp³-hybridized carbons (Fsp3) is 0.600. The average Bonchev–Trinajstić information content (AvgIpc) is 2.47. The highest BCUT2D eigenvalue weighted by atomic mass is 35.5. The van der Waals surface area contributed by atoms with Gasteiger partial charge >= 0.3 is 6.18 Å². The predicted molar refractivity (Wildman–Crippen MR) is 82.7 cm³/mol. The molecular formula is C15H21ClF4N2O. The van der Waals surface area contributed by atoms with Crippen LogP contribution in [0.5, 0.6) is 5.75 Å². The summed E-state index contributed by atoms with van der Waals surface area (Å²) in [5.74, 6) is -0.514. The first-order valence-electron chi connectivity index (χ1n) is 7.26. The number of hydrogen-bond acceptors (Lipinski definition) is 3. The summed E-state index contributed by atoms with van der Waals surface area (Å²) in [6.45, 7) is 2.67. The SMILES string of the molecule is COc1c(F)cccc1[C@@H](CCC(F)(F)F)N1CCNCC1.Cl. The number of hydrogen-bond donors (Lipinski definition) is 1. The molecule has 0 aromatic heterocycles. The highest BCUT2D eigenvalue weighted by Gasteiger charge is 2.32. The number of para-hydroxylation sites is 1. The van der Waals surface area contributed by atoms with Crippen LogP contribution in [0.4, 0.5) is 17.6 Å². The van der Waals surface area contributed by atoms with Gasteiger partial charge in [0.25, 0.3) is 0 Å². The summed E-state index contributed by atoms with van der Waals surface area (Å²) in [6.07, 6.45) is -5.24. The van der Waals surface area contributed by atoms with Gasteiger partial charge in [-0.25, -0.2) is 4.39 Å². The zero-order valence-corrected chi connectivity index (χ0v) is 13.6. The van der Waals surface area contributed by atoms with E-state index in [1.54, 1.807) is 6.07 Å². The van der Waals surface area contributed by atoms with E-state index in [1.807, 2.05) is 4.90 Å². The molecule has 1 heterocycles. The Kier molecular flexibility index (Phi) is 7.57. The third kappa shape index (κ3) is 5.51. The number of halogens is 5. The number of alkyl halides is 3. The van der Waals surface area contributed by atoms with E-state index in [1.165, 1.54) is 19.2 Å². The minimum absolute atomic E-state index is 0. The first-order chi connectivity index (χ1) is 10.4. The van der Waals surface area contributed by atoms with Crippen molar-refractivity contribution in [1.29, 1.82) is 0 Å². The van der Waals surface area contributed by atoms with Crippen molar-refractivity contribution in [3.63, 3.8) is 0 Å². The van der Waals surface area contributed by atoms with Crippen LogP contribution in [-0.2, 0) is 0 Å². The van der Waals surface area contributed by atoms with Crippen LogP contribution in [0.3, 0.4) is 0 Å². The van der Waals surface area contributed by atoms with Gasteiger partial charge in [0.1, 0.15) is 0 Å². The smallest absolute Gasteiger partial charge is 0.389 e. The second kappa shape index (κ2) is 8.70. The van der Waals surface area contributed by atoms with Gasteiger partial charge in [-0.3, -0.25) is 4.90 Å². The van der Waals surface area contributed by atoms with Crippen LogP contribution in [0.15, 0.2) is 18.2 Å². The molecule has 0 amide bonds. The summed E-state index contributed by atoms with van der Waals surface area (Å²) in [7, 11) is 1.33. The molecule has 0 radical (unpaired) electrons. The topological polar surface area (TPSA) is 24.5 Å². The molecule has 132 valence electrons. The quantitative estimate of drug-likeness (QED) is 0.817. The van der Waals surface area contributed by atoms with Gasteiger partial charge in [0.05, 0.1) is 7.11 Å². The molecule has 0 saturated carbocycles. The molecule has 2 rings (SSSR count). The largest absolute Gasteiger partial charge is 0.493 e. The van der Waals surface area contributed by atoms with E-state index in [2.05, 4.69) is 5.32 Å². The van der Waals surface area contributed by atoms with E-state index >= 15 is 0 Å². The monoisotopic (exact) mass is 356 g/mol. The lowest BCUT2D eigenvalue weighted by Gasteiger charge is -2.36. The second-order valence-corrected chi connectivity index (χ2v) is 5.32. The first-order valence-corrected chi connectivity index (χ1v) is 7.26. The Morgan fingerprint density at radius 1 is 1.26 bits per heavy atom. The zero-order chi connectivity index (χ0) is 16.2. The average molecular weight is 357 g/mol. The number of nitrogens with zero attached hydrogens (tertiary/aromatic N) is 1. The van der Waals surface area contributed by atoms with Gasteiger partial charge in [-0.05, 0) is 12.5 Å². The Morgan fingerprint density at radius 3 is 2.48 bits per heavy atom. The lowest BCUT2D eigenvalue weighted by molar-refractivity contribution is -0.138. The number of ether oxygens (including phenoxy) is 1. The molecule has 1 N–H and O–H groups in total. The summed E-state index contributed by atoms with van der Waals surface area (Å²) in [5, 5.41) is 3.16. The van der Waals surface area contributed by atoms with Gasteiger partial charge < -0.3 is 10.1 Å². The first kappa shape index (κ1) is 20.0. The number of rotatable bonds is 5. The molecule has 0 unspecified atom stereocenters. The van der Waals surface area contributed by atoms with Crippen molar-refractivity contribution in [1.82, 2.24) is 10.2 Å². The van der Waals surface area contributed by atoms with Crippen LogP contribution in [0.2, 0.25) is 0 Å². The minimum Gasteiger partial charge on any atom is -0.493 e. The maximum atomic E-state index is 13.9. The van der Waals surface area contributed by atoms with Crippen LogP contribution >= 0.6 is 12.4 Å². The van der Waals surface area contributed by atoms with E-state index in [4.69, 9.17) is 4.74 Å². The third-order valence-electron chi connectivity index (χ3n) is 3.85. The van der Waals surface area contributed by atoms with Crippen molar-refractivity contribution < 1.29 is 22.3 Å². The molecule has 0 spiro atoms. The number of nitrogens with one attached hydrogen (secondary N) is 1. The van der Waals surface area contributed by atoms with Gasteiger partial charge in [0.2, 0.25) is 0 Å². The molecule has 8 heteroatoms. The zero-order valence-electron chi connectivity index (χ0n) is 12.8. The molecule has 1 aliphatic heterocycles. The second-order valence-electron chi connectivity index (χ2n) is 5.32. The molecule has 1 aromatic rings. The van der Waals surface area contributed by atoms with Crippen LogP contribution in [-0.4, -0.2) is 44.4 Å². The molecule has 0 aliphatic carbocycles. The van der Waals surface area contributed by atoms with E-state index in [9.17, 15) is 17.6 Å². The van der Waals surface area contributed by atoms with E-state index in [-0.39, 0.29) is 24.6 Å². The van der Waals surface area contributed by atoms with Crippen molar-refractivity contribution in [3.05, 3.63) is 29.6 Å². The van der Waals surface area contributed by atoms with Crippen molar-refractivity contribution >= 4 is 12.4 Å². The predicted octanol–water partition coefficient (Wildman–Crippen LogP) is 3.54. The Bertz CT molecular complexity index is 493. The lowest BCUT2D eigenvalue weighted by atomic mass is 9.98. The normalized spacial score (nSPS) is 17.4. The molecular weight excluding hydrogens is 336 g/mol. The Balaban J connectivity index is 0.00000264. The molecule has 0 bridgehead atoms. The number of benzene rings is 1. The van der Waals surface area contributed by atoms with Gasteiger partial charge in [-0.1, -0.05) is 12.1 Å². The lowest BCUT2D eigenvalue weighted by Crippen LogP contribution is -2.45. The Labute approximate surface area is 139 Å². The fourth-order valence-corrected chi connectivity index (χ4v) is 2.83. The van der Waals surface area contributed by atoms with Crippen LogP contribution in [0.1, 0.15) is 24.4 Å². The van der Waals surface area contributed by atoms with E-state index < -0.39 is 24.5 Å². The molecule has 1 fully saturated rings. The highest BCUT2D eigenvalue weighted by molar-refractivity contribution is 5.85. The van der Waals surface area contributed by atoms with Crippen molar-refractivity contribution in [2.24, 2.45) is 0 Å². The molecule has 1 aromatic carbocycles. The Morgan fingerprint density at radius 2 is 1.91 bits per heavy atom. The van der Waals surface area contributed by atoms with Crippen molar-refractivity contribution in [3.8, 4) is 5.75 Å². The van der Waals surface area contributed by atoms with Crippen molar-refractivity contribution in [2.45, 2.75) is 25.1 Å². The van der Waals surface area contributed by atoms with Gasteiger partial charge in [0, 0.05) is 44.2 Å². The summed E-state index contributed by atoms with van der Waals surface area (Å²) in [5.41, 5.74) is 0.480. The standard InChI is InChI=1S/C15H20F4N2O.ClH/c1-22-14-11(3-2-4-12(14)16)13(5-6-15(17,18)19)21-9-7-20-8-10-21;/h2-4,13,20H,5-10H2,1H3;1H/t13-;/m1./s1. The van der Waals surface area contributed by atoms with Gasteiger partial charge in [-0.2, -0.15) is 13.2 Å². The molecule has 1 atom stereocenters. The number of methoxy groups -OCH3 is 1. The van der Waals surface area contributed by atoms with Crippen LogP contribution < -0.4 is 10.1 Å². The van der Waals surface area contributed by atoms with Crippen molar-refractivity contribution in [2.75, 3.05) is 33.3 Å². The molecule has 1 saturated heterocycles. The summed E-state index contributed by atoms with van der Waals surface area (Å²) in [4.78, 5) is 1.96. The third-order valence-corrected chi connectivity index (χ3v) is 3.85. The summed E-state index contributed by atoms with van der Waals surface area (Å²) in [6, 6.07) is 3.90. The fourth-order valence-electron chi connectivity index (χ4n) is 2.83. The van der Waals surface area contributed by atoms with Crippen LogP contribution in [0, 0.1) is 5.82 Å². The minimum atomic E-state index is -4.23. The summed E-state index contributed by atoms with van der Waals surface area (Å²) >= 11 is 0.